The number of para-hydroxylation sites is 1. The highest BCUT2D eigenvalue weighted by Crippen LogP contribution is 2.41. The number of nitrogens with one attached hydrogen (secondary N) is 1. The van der Waals surface area contributed by atoms with E-state index in [9.17, 15) is 14.4 Å². The van der Waals surface area contributed by atoms with Gasteiger partial charge in [0.2, 0.25) is 11.8 Å². The minimum atomic E-state index is -0.482. The number of hydrogen-bond acceptors (Lipinski definition) is 4. The summed E-state index contributed by atoms with van der Waals surface area (Å²) < 4.78 is 5.02. The second-order valence-corrected chi connectivity index (χ2v) is 6.88. The molecule has 28 heavy (non-hydrogen) atoms. The molecule has 0 aliphatic heterocycles. The Kier molecular flexibility index (Phi) is 6.09. The Morgan fingerprint density at radius 3 is 2.43 bits per heavy atom. The second-order valence-electron chi connectivity index (χ2n) is 6.88. The molecular formula is C22H24N2O4. The van der Waals surface area contributed by atoms with Crippen LogP contribution >= 0.6 is 0 Å². The van der Waals surface area contributed by atoms with E-state index in [2.05, 4.69) is 5.32 Å². The van der Waals surface area contributed by atoms with Crippen LogP contribution in [-0.4, -0.2) is 36.3 Å². The lowest BCUT2D eigenvalue weighted by atomic mass is 10.1. The van der Waals surface area contributed by atoms with Gasteiger partial charge in [-0.2, -0.15) is 0 Å². The number of carbonyl (C=O) groups excluding carboxylic acids is 3. The van der Waals surface area contributed by atoms with Crippen LogP contribution in [0.1, 0.15) is 29.3 Å². The van der Waals surface area contributed by atoms with Gasteiger partial charge in [-0.15, -0.1) is 0 Å². The largest absolute Gasteiger partial charge is 0.462 e. The lowest BCUT2D eigenvalue weighted by Gasteiger charge is -2.17. The van der Waals surface area contributed by atoms with Crippen LogP contribution in [0.4, 0.5) is 5.69 Å². The normalized spacial score (nSPS) is 17.5. The third kappa shape index (κ3) is 4.57. The number of benzene rings is 2. The van der Waals surface area contributed by atoms with Gasteiger partial charge in [-0.1, -0.05) is 42.5 Å². The standard InChI is InChI=1S/C22H24N2O4/c1-3-28-22(27)16-11-7-8-12-19(16)23-20(25)17-13-18(17)21(26)24(2)14-15-9-5-4-6-10-15/h4-12,17-18H,3,13-14H2,1-2H3,(H,23,25). The molecule has 1 fully saturated rings. The molecule has 1 aliphatic rings. The van der Waals surface area contributed by atoms with Gasteiger partial charge in [0, 0.05) is 13.6 Å². The highest BCUT2D eigenvalue weighted by Gasteiger charge is 2.49. The van der Waals surface area contributed by atoms with Crippen LogP contribution in [0, 0.1) is 11.8 Å². The number of rotatable bonds is 7. The lowest BCUT2D eigenvalue weighted by molar-refractivity contribution is -0.133. The van der Waals surface area contributed by atoms with Crippen LogP contribution in [0.3, 0.4) is 0 Å². The van der Waals surface area contributed by atoms with Crippen molar-refractivity contribution in [3.63, 3.8) is 0 Å². The molecule has 6 nitrogen and oxygen atoms in total. The van der Waals surface area contributed by atoms with Gasteiger partial charge in [-0.25, -0.2) is 4.79 Å². The van der Waals surface area contributed by atoms with E-state index in [0.29, 0.717) is 24.2 Å². The Balaban J connectivity index is 1.59. The zero-order valence-corrected chi connectivity index (χ0v) is 16.1. The quantitative estimate of drug-likeness (QED) is 0.749. The molecule has 0 bridgehead atoms. The van der Waals surface area contributed by atoms with E-state index in [1.807, 2.05) is 30.3 Å². The van der Waals surface area contributed by atoms with Crippen molar-refractivity contribution in [2.75, 3.05) is 19.0 Å². The van der Waals surface area contributed by atoms with E-state index in [1.165, 1.54) is 0 Å². The molecule has 1 N–H and O–H groups in total. The maximum Gasteiger partial charge on any atom is 0.340 e. The predicted molar refractivity (Wildman–Crippen MR) is 106 cm³/mol. The molecule has 6 heteroatoms. The zero-order valence-electron chi connectivity index (χ0n) is 16.1. The van der Waals surface area contributed by atoms with E-state index in [-0.39, 0.29) is 30.3 Å². The Labute approximate surface area is 164 Å². The first-order valence-electron chi connectivity index (χ1n) is 9.37. The Bertz CT molecular complexity index is 866. The number of anilines is 1. The van der Waals surface area contributed by atoms with Crippen LogP contribution in [-0.2, 0) is 20.9 Å². The summed E-state index contributed by atoms with van der Waals surface area (Å²) in [6.07, 6.45) is 0.519. The van der Waals surface area contributed by atoms with E-state index < -0.39 is 5.97 Å². The number of carbonyl (C=O) groups is 3. The van der Waals surface area contributed by atoms with Gasteiger partial charge in [-0.05, 0) is 31.0 Å². The molecule has 0 saturated heterocycles. The molecule has 2 amide bonds. The summed E-state index contributed by atoms with van der Waals surface area (Å²) in [6, 6.07) is 16.4. The summed E-state index contributed by atoms with van der Waals surface area (Å²) in [5.74, 6) is -1.46. The van der Waals surface area contributed by atoms with Crippen LogP contribution < -0.4 is 5.32 Å². The molecule has 3 rings (SSSR count). The van der Waals surface area contributed by atoms with Crippen molar-refractivity contribution in [2.45, 2.75) is 19.9 Å². The lowest BCUT2D eigenvalue weighted by Crippen LogP contribution is -2.29. The third-order valence-corrected chi connectivity index (χ3v) is 4.76. The number of esters is 1. The van der Waals surface area contributed by atoms with Crippen molar-refractivity contribution >= 4 is 23.5 Å². The summed E-state index contributed by atoms with van der Waals surface area (Å²) >= 11 is 0. The van der Waals surface area contributed by atoms with Crippen molar-refractivity contribution in [1.82, 2.24) is 4.90 Å². The van der Waals surface area contributed by atoms with Crippen LogP contribution in [0.5, 0.6) is 0 Å². The molecule has 0 radical (unpaired) electrons. The van der Waals surface area contributed by atoms with E-state index >= 15 is 0 Å². The number of hydrogen-bond donors (Lipinski definition) is 1. The molecule has 2 atom stereocenters. The topological polar surface area (TPSA) is 75.7 Å². The molecule has 0 spiro atoms. The van der Waals surface area contributed by atoms with Crippen molar-refractivity contribution in [3.05, 3.63) is 65.7 Å². The maximum atomic E-state index is 12.6. The summed E-state index contributed by atoms with van der Waals surface area (Å²) in [4.78, 5) is 38.9. The summed E-state index contributed by atoms with van der Waals surface area (Å²) in [5, 5.41) is 2.77. The minimum absolute atomic E-state index is 0.0392. The SMILES string of the molecule is CCOC(=O)c1ccccc1NC(=O)C1CC1C(=O)N(C)Cc1ccccc1. The first kappa shape index (κ1) is 19.6. The fourth-order valence-electron chi connectivity index (χ4n) is 3.18. The average Bonchev–Trinajstić information content (AvgIpc) is 3.49. The molecular weight excluding hydrogens is 356 g/mol. The van der Waals surface area contributed by atoms with Gasteiger partial charge in [-0.3, -0.25) is 9.59 Å². The molecule has 2 aromatic carbocycles. The van der Waals surface area contributed by atoms with Crippen LogP contribution in [0.2, 0.25) is 0 Å². The van der Waals surface area contributed by atoms with Crippen molar-refractivity contribution < 1.29 is 19.1 Å². The smallest absolute Gasteiger partial charge is 0.340 e. The van der Waals surface area contributed by atoms with E-state index in [4.69, 9.17) is 4.74 Å². The van der Waals surface area contributed by atoms with Gasteiger partial charge in [0.05, 0.1) is 29.7 Å². The van der Waals surface area contributed by atoms with Crippen molar-refractivity contribution in [2.24, 2.45) is 11.8 Å². The third-order valence-electron chi connectivity index (χ3n) is 4.76. The molecule has 0 heterocycles. The maximum absolute atomic E-state index is 12.6. The number of nitrogens with zero attached hydrogens (tertiary/aromatic N) is 1. The summed E-state index contributed by atoms with van der Waals surface area (Å²) in [6.45, 7) is 2.50. The first-order chi connectivity index (χ1) is 13.5. The van der Waals surface area contributed by atoms with Crippen molar-refractivity contribution in [3.8, 4) is 0 Å². The predicted octanol–water partition coefficient (Wildman–Crippen LogP) is 3.10. The van der Waals surface area contributed by atoms with Gasteiger partial charge >= 0.3 is 5.97 Å². The Hall–Kier alpha value is -3.15. The van der Waals surface area contributed by atoms with Gasteiger partial charge in [0.1, 0.15) is 0 Å². The van der Waals surface area contributed by atoms with Crippen molar-refractivity contribution in [1.29, 1.82) is 0 Å². The molecule has 146 valence electrons. The molecule has 0 aromatic heterocycles. The zero-order chi connectivity index (χ0) is 20.1. The fourth-order valence-corrected chi connectivity index (χ4v) is 3.18. The van der Waals surface area contributed by atoms with E-state index in [0.717, 1.165) is 5.56 Å². The van der Waals surface area contributed by atoms with Crippen LogP contribution in [0.25, 0.3) is 0 Å². The van der Waals surface area contributed by atoms with E-state index in [1.54, 1.807) is 43.1 Å². The highest BCUT2D eigenvalue weighted by molar-refractivity contribution is 6.04. The highest BCUT2D eigenvalue weighted by atomic mass is 16.5. The minimum Gasteiger partial charge on any atom is -0.462 e. The average molecular weight is 380 g/mol. The van der Waals surface area contributed by atoms with Gasteiger partial charge in [0.15, 0.2) is 0 Å². The summed E-state index contributed by atoms with van der Waals surface area (Å²) in [5.41, 5.74) is 1.76. The van der Waals surface area contributed by atoms with Gasteiger partial charge in [0.25, 0.3) is 0 Å². The molecule has 2 unspecified atom stereocenters. The molecule has 1 aliphatic carbocycles. The monoisotopic (exact) mass is 380 g/mol. The number of amides is 2. The number of ether oxygens (including phenoxy) is 1. The second kappa shape index (κ2) is 8.69. The Morgan fingerprint density at radius 2 is 1.71 bits per heavy atom. The fraction of sp³-hybridized carbons (Fsp3) is 0.318. The first-order valence-corrected chi connectivity index (χ1v) is 9.37. The molecule has 2 aromatic rings. The Morgan fingerprint density at radius 1 is 1.04 bits per heavy atom. The van der Waals surface area contributed by atoms with Crippen LogP contribution in [0.15, 0.2) is 54.6 Å². The molecule has 1 saturated carbocycles. The van der Waals surface area contributed by atoms with Gasteiger partial charge < -0.3 is 15.0 Å². The summed E-state index contributed by atoms with van der Waals surface area (Å²) in [7, 11) is 1.75.